The van der Waals surface area contributed by atoms with E-state index in [0.717, 1.165) is 30.0 Å². The van der Waals surface area contributed by atoms with Crippen molar-refractivity contribution >= 4 is 26.7 Å². The summed E-state index contributed by atoms with van der Waals surface area (Å²) in [6.07, 6.45) is 5.73. The Bertz CT molecular complexity index is 1060. The largest absolute Gasteiger partial charge is 0.374 e. The lowest BCUT2D eigenvalue weighted by atomic mass is 9.88. The number of rotatable bonds is 3. The molecule has 166 valence electrons. The molecule has 0 spiro atoms. The van der Waals surface area contributed by atoms with Gasteiger partial charge in [-0.2, -0.15) is 4.31 Å². The summed E-state index contributed by atoms with van der Waals surface area (Å²) in [5.74, 6) is 0.103. The van der Waals surface area contributed by atoms with Crippen molar-refractivity contribution < 1.29 is 17.9 Å². The van der Waals surface area contributed by atoms with E-state index in [-0.39, 0.29) is 24.0 Å². The van der Waals surface area contributed by atoms with Crippen LogP contribution in [0.15, 0.2) is 47.4 Å². The normalized spacial score (nSPS) is 26.0. The van der Waals surface area contributed by atoms with Crippen LogP contribution in [-0.4, -0.2) is 61.9 Å². The predicted octanol–water partition coefficient (Wildman–Crippen LogP) is 3.41. The van der Waals surface area contributed by atoms with E-state index < -0.39 is 10.0 Å². The minimum absolute atomic E-state index is 0.0938. The zero-order valence-electron chi connectivity index (χ0n) is 17.8. The first-order chi connectivity index (χ1) is 15.0. The summed E-state index contributed by atoms with van der Waals surface area (Å²) < 4.78 is 33.9. The topological polar surface area (TPSA) is 66.9 Å². The van der Waals surface area contributed by atoms with Gasteiger partial charge in [0, 0.05) is 25.6 Å². The third-order valence-electron chi connectivity index (χ3n) is 7.18. The number of piperidine rings is 1. The molecule has 2 heterocycles. The minimum atomic E-state index is -3.56. The highest BCUT2D eigenvalue weighted by atomic mass is 32.2. The zero-order chi connectivity index (χ0) is 21.4. The molecular weight excluding hydrogens is 412 g/mol. The van der Waals surface area contributed by atoms with Crippen molar-refractivity contribution in [1.82, 2.24) is 9.21 Å². The number of carbonyl (C=O) groups excluding carboxylic acids is 1. The molecule has 7 heteroatoms. The monoisotopic (exact) mass is 442 g/mol. The van der Waals surface area contributed by atoms with Gasteiger partial charge in [-0.3, -0.25) is 4.79 Å². The molecule has 0 aromatic heterocycles. The van der Waals surface area contributed by atoms with Crippen molar-refractivity contribution in [3.05, 3.63) is 42.5 Å². The summed E-state index contributed by atoms with van der Waals surface area (Å²) in [5, 5.41) is 1.94. The van der Waals surface area contributed by atoms with E-state index in [2.05, 4.69) is 0 Å². The number of hydrogen-bond donors (Lipinski definition) is 0. The maximum atomic E-state index is 13.3. The molecule has 2 aliphatic heterocycles. The van der Waals surface area contributed by atoms with E-state index in [9.17, 15) is 13.2 Å². The Morgan fingerprint density at radius 1 is 0.903 bits per heavy atom. The Labute approximate surface area is 184 Å². The summed E-state index contributed by atoms with van der Waals surface area (Å²) in [5.41, 5.74) is 0. The fraction of sp³-hybridized carbons (Fsp3) is 0.542. The quantitative estimate of drug-likeness (QED) is 0.731. The van der Waals surface area contributed by atoms with E-state index in [4.69, 9.17) is 4.74 Å². The first-order valence-electron chi connectivity index (χ1n) is 11.4. The molecule has 2 aromatic carbocycles. The second-order valence-corrected chi connectivity index (χ2v) is 10.9. The number of sulfonamides is 1. The number of ether oxygens (including phenoxy) is 1. The van der Waals surface area contributed by atoms with E-state index in [1.807, 2.05) is 35.2 Å². The van der Waals surface area contributed by atoms with Crippen LogP contribution in [0.5, 0.6) is 0 Å². The van der Waals surface area contributed by atoms with Gasteiger partial charge in [-0.1, -0.05) is 43.2 Å². The second-order valence-electron chi connectivity index (χ2n) is 8.98. The first kappa shape index (κ1) is 20.9. The molecular formula is C24H30N2O4S. The lowest BCUT2D eigenvalue weighted by Crippen LogP contribution is -2.57. The molecule has 0 bridgehead atoms. The lowest BCUT2D eigenvalue weighted by molar-refractivity contribution is -0.154. The number of benzene rings is 2. The summed E-state index contributed by atoms with van der Waals surface area (Å²) >= 11 is 0. The van der Waals surface area contributed by atoms with Crippen LogP contribution in [0.4, 0.5) is 0 Å². The Hall–Kier alpha value is -1.96. The van der Waals surface area contributed by atoms with Crippen molar-refractivity contribution in [3.8, 4) is 0 Å². The van der Waals surface area contributed by atoms with E-state index in [1.165, 1.54) is 6.42 Å². The van der Waals surface area contributed by atoms with Gasteiger partial charge in [0.2, 0.25) is 15.9 Å². The molecule has 2 aromatic rings. The van der Waals surface area contributed by atoms with E-state index in [0.29, 0.717) is 44.0 Å². The van der Waals surface area contributed by atoms with Crippen molar-refractivity contribution in [2.75, 3.05) is 26.2 Å². The van der Waals surface area contributed by atoms with Gasteiger partial charge in [-0.15, -0.1) is 0 Å². The molecule has 0 N–H and O–H groups in total. The lowest BCUT2D eigenvalue weighted by Gasteiger charge is -2.45. The first-order valence-corrected chi connectivity index (χ1v) is 12.9. The third kappa shape index (κ3) is 3.99. The molecule has 0 unspecified atom stereocenters. The van der Waals surface area contributed by atoms with Gasteiger partial charge in [0.05, 0.1) is 23.6 Å². The third-order valence-corrected chi connectivity index (χ3v) is 9.07. The van der Waals surface area contributed by atoms with Gasteiger partial charge in [0.25, 0.3) is 0 Å². The smallest absolute Gasteiger partial charge is 0.243 e. The van der Waals surface area contributed by atoms with Gasteiger partial charge in [-0.05, 0) is 48.6 Å². The number of carbonyl (C=O) groups is 1. The van der Waals surface area contributed by atoms with Crippen LogP contribution in [0.25, 0.3) is 10.8 Å². The predicted molar refractivity (Wildman–Crippen MR) is 119 cm³/mol. The molecule has 3 fully saturated rings. The highest BCUT2D eigenvalue weighted by molar-refractivity contribution is 7.89. The molecule has 6 nitrogen and oxygen atoms in total. The van der Waals surface area contributed by atoms with Crippen LogP contribution in [0.3, 0.4) is 0 Å². The van der Waals surface area contributed by atoms with Gasteiger partial charge >= 0.3 is 0 Å². The summed E-state index contributed by atoms with van der Waals surface area (Å²) in [6, 6.07) is 13.3. The van der Waals surface area contributed by atoms with Crippen LogP contribution in [0, 0.1) is 5.92 Å². The molecule has 1 saturated carbocycles. The number of morpholine rings is 1. The number of hydrogen-bond acceptors (Lipinski definition) is 4. The average Bonchev–Trinajstić information content (AvgIpc) is 2.83. The van der Waals surface area contributed by atoms with Gasteiger partial charge in [0.15, 0.2) is 0 Å². The Morgan fingerprint density at radius 3 is 2.45 bits per heavy atom. The van der Waals surface area contributed by atoms with Gasteiger partial charge in [-0.25, -0.2) is 8.42 Å². The Kier molecular flexibility index (Phi) is 5.75. The van der Waals surface area contributed by atoms with Crippen molar-refractivity contribution in [1.29, 1.82) is 0 Å². The van der Waals surface area contributed by atoms with Crippen LogP contribution in [0.1, 0.15) is 38.5 Å². The molecule has 1 amide bonds. The highest BCUT2D eigenvalue weighted by Gasteiger charge is 2.40. The molecule has 2 saturated heterocycles. The maximum Gasteiger partial charge on any atom is 0.243 e. The SMILES string of the molecule is O=C(C1CCN(S(=O)(=O)c2ccc3ccccc3c2)CC1)N1CCO[C@H]2CCCC[C@H]21. The van der Waals surface area contributed by atoms with Gasteiger partial charge in [0.1, 0.15) is 0 Å². The van der Waals surface area contributed by atoms with Crippen LogP contribution in [0.2, 0.25) is 0 Å². The van der Waals surface area contributed by atoms with Crippen LogP contribution in [-0.2, 0) is 19.6 Å². The summed E-state index contributed by atoms with van der Waals surface area (Å²) in [4.78, 5) is 15.7. The van der Waals surface area contributed by atoms with Crippen LogP contribution >= 0.6 is 0 Å². The van der Waals surface area contributed by atoms with E-state index in [1.54, 1.807) is 16.4 Å². The van der Waals surface area contributed by atoms with E-state index >= 15 is 0 Å². The number of nitrogens with zero attached hydrogens (tertiary/aromatic N) is 2. The molecule has 31 heavy (non-hydrogen) atoms. The molecule has 0 radical (unpaired) electrons. The second kappa shape index (κ2) is 8.52. The van der Waals surface area contributed by atoms with Crippen molar-refractivity contribution in [3.63, 3.8) is 0 Å². The van der Waals surface area contributed by atoms with Gasteiger partial charge < -0.3 is 9.64 Å². The van der Waals surface area contributed by atoms with Crippen molar-refractivity contribution in [2.24, 2.45) is 5.92 Å². The average molecular weight is 443 g/mol. The summed E-state index contributed by atoms with van der Waals surface area (Å²) in [7, 11) is -3.56. The van der Waals surface area contributed by atoms with Crippen LogP contribution < -0.4 is 0 Å². The standard InChI is InChI=1S/C24H30N2O4S/c27-24(26-15-16-30-23-8-4-3-7-22(23)26)19-11-13-25(14-12-19)31(28,29)21-10-9-18-5-1-2-6-20(18)17-21/h1-2,5-6,9-10,17,19,22-23H,3-4,7-8,11-16H2/t22-,23+/m1/s1. The van der Waals surface area contributed by atoms with Crippen molar-refractivity contribution in [2.45, 2.75) is 55.6 Å². The molecule has 2 atom stereocenters. The molecule has 1 aliphatic carbocycles. The zero-order valence-corrected chi connectivity index (χ0v) is 18.6. The Morgan fingerprint density at radius 2 is 1.65 bits per heavy atom. The molecule has 5 rings (SSSR count). The minimum Gasteiger partial charge on any atom is -0.374 e. The number of fused-ring (bicyclic) bond motifs is 2. The maximum absolute atomic E-state index is 13.3. The Balaban J connectivity index is 1.26. The number of amides is 1. The fourth-order valence-corrected chi connectivity index (χ4v) is 6.93. The fourth-order valence-electron chi connectivity index (χ4n) is 5.42. The highest BCUT2D eigenvalue weighted by Crippen LogP contribution is 2.32. The summed E-state index contributed by atoms with van der Waals surface area (Å²) in [6.45, 7) is 2.06. The molecule has 3 aliphatic rings.